The molecule has 1 amide bonds. The van der Waals surface area contributed by atoms with Gasteiger partial charge in [-0.05, 0) is 31.1 Å². The van der Waals surface area contributed by atoms with Crippen LogP contribution < -0.4 is 5.43 Å². The summed E-state index contributed by atoms with van der Waals surface area (Å²) in [4.78, 5) is 10.6. The molecule has 1 rings (SSSR count). The molecule has 0 saturated heterocycles. The molecule has 1 fully saturated rings. The van der Waals surface area contributed by atoms with Gasteiger partial charge >= 0.3 is 0 Å². The van der Waals surface area contributed by atoms with E-state index in [4.69, 9.17) is 0 Å². The van der Waals surface area contributed by atoms with Gasteiger partial charge in [-0.2, -0.15) is 5.10 Å². The number of hydrazone groups is 1. The maximum Gasteiger partial charge on any atom is 0.236 e. The van der Waals surface area contributed by atoms with Gasteiger partial charge in [-0.25, -0.2) is 5.43 Å². The summed E-state index contributed by atoms with van der Waals surface area (Å²) in [6, 6.07) is 0. The number of amides is 1. The summed E-state index contributed by atoms with van der Waals surface area (Å²) >= 11 is 0. The van der Waals surface area contributed by atoms with Crippen LogP contribution in [0, 0.1) is 5.41 Å². The molecule has 0 aromatic rings. The normalized spacial score (nSPS) is 24.4. The van der Waals surface area contributed by atoms with E-state index in [-0.39, 0.29) is 5.91 Å². The van der Waals surface area contributed by atoms with Gasteiger partial charge in [0.2, 0.25) is 5.91 Å². The fraction of sp³-hybridized carbons (Fsp3) is 0.800. The highest BCUT2D eigenvalue weighted by molar-refractivity contribution is 5.87. The number of hydrogen-bond donors (Lipinski definition) is 1. The van der Waals surface area contributed by atoms with Gasteiger partial charge in [0, 0.05) is 12.6 Å². The van der Waals surface area contributed by atoms with Gasteiger partial charge in [-0.1, -0.05) is 13.8 Å². The first-order valence-corrected chi connectivity index (χ1v) is 4.82. The summed E-state index contributed by atoms with van der Waals surface area (Å²) in [6.07, 6.45) is 4.48. The molecule has 0 bridgehead atoms. The zero-order valence-electron chi connectivity index (χ0n) is 8.68. The molecule has 0 aliphatic heterocycles. The first kappa shape index (κ1) is 10.2. The number of nitrogens with one attached hydrogen (secondary N) is 1. The second-order valence-corrected chi connectivity index (χ2v) is 4.54. The van der Waals surface area contributed by atoms with Crippen LogP contribution in [-0.4, -0.2) is 11.6 Å². The van der Waals surface area contributed by atoms with Crippen LogP contribution in [-0.2, 0) is 4.79 Å². The number of nitrogens with zero attached hydrogens (tertiary/aromatic N) is 1. The maximum absolute atomic E-state index is 10.6. The summed E-state index contributed by atoms with van der Waals surface area (Å²) in [7, 11) is 0. The molecule has 3 heteroatoms. The zero-order valence-corrected chi connectivity index (χ0v) is 8.68. The third-order valence-corrected chi connectivity index (χ3v) is 2.37. The lowest BCUT2D eigenvalue weighted by Gasteiger charge is -2.29. The molecule has 0 heterocycles. The molecule has 1 saturated carbocycles. The molecular formula is C10H18N2O. The van der Waals surface area contributed by atoms with Crippen LogP contribution in [0.1, 0.15) is 46.5 Å². The van der Waals surface area contributed by atoms with Crippen LogP contribution in [0.2, 0.25) is 0 Å². The molecule has 74 valence electrons. The minimum Gasteiger partial charge on any atom is -0.274 e. The van der Waals surface area contributed by atoms with Crippen molar-refractivity contribution in [2.24, 2.45) is 10.5 Å². The third kappa shape index (κ3) is 3.57. The summed E-state index contributed by atoms with van der Waals surface area (Å²) in [6.45, 7) is 5.98. The Kier molecular flexibility index (Phi) is 3.07. The van der Waals surface area contributed by atoms with Crippen LogP contribution in [0.5, 0.6) is 0 Å². The molecule has 1 aliphatic carbocycles. The predicted molar refractivity (Wildman–Crippen MR) is 53.5 cm³/mol. The van der Waals surface area contributed by atoms with Gasteiger partial charge in [-0.15, -0.1) is 0 Å². The highest BCUT2D eigenvalue weighted by atomic mass is 16.2. The molecule has 1 N–H and O–H groups in total. The SMILES string of the molecule is CC(=O)N/N=C1\CCCC(C)(C)C1. The van der Waals surface area contributed by atoms with Gasteiger partial charge in [0.25, 0.3) is 0 Å². The fourth-order valence-electron chi connectivity index (χ4n) is 1.75. The monoisotopic (exact) mass is 182 g/mol. The Bertz CT molecular complexity index is 231. The van der Waals surface area contributed by atoms with Crippen molar-refractivity contribution in [3.05, 3.63) is 0 Å². The minimum absolute atomic E-state index is 0.0871. The summed E-state index contributed by atoms with van der Waals surface area (Å²) < 4.78 is 0. The van der Waals surface area contributed by atoms with E-state index in [0.717, 1.165) is 18.6 Å². The van der Waals surface area contributed by atoms with E-state index >= 15 is 0 Å². The largest absolute Gasteiger partial charge is 0.274 e. The van der Waals surface area contributed by atoms with Crippen LogP contribution in [0.3, 0.4) is 0 Å². The Morgan fingerprint density at radius 2 is 2.23 bits per heavy atom. The summed E-state index contributed by atoms with van der Waals surface area (Å²) in [5.74, 6) is -0.0871. The first-order valence-electron chi connectivity index (χ1n) is 4.82. The average molecular weight is 182 g/mol. The highest BCUT2D eigenvalue weighted by Gasteiger charge is 2.24. The van der Waals surface area contributed by atoms with Crippen molar-refractivity contribution in [2.45, 2.75) is 46.5 Å². The van der Waals surface area contributed by atoms with E-state index in [9.17, 15) is 4.79 Å². The Morgan fingerprint density at radius 3 is 2.77 bits per heavy atom. The summed E-state index contributed by atoms with van der Waals surface area (Å²) in [5, 5.41) is 4.10. The van der Waals surface area contributed by atoms with Gasteiger partial charge in [-0.3, -0.25) is 4.79 Å². The predicted octanol–water partition coefficient (Wildman–Crippen LogP) is 2.08. The fourth-order valence-corrected chi connectivity index (χ4v) is 1.75. The molecule has 0 atom stereocenters. The lowest BCUT2D eigenvalue weighted by molar-refractivity contribution is -0.118. The van der Waals surface area contributed by atoms with E-state index in [1.807, 2.05) is 0 Å². The molecular weight excluding hydrogens is 164 g/mol. The number of rotatable bonds is 1. The van der Waals surface area contributed by atoms with Crippen molar-refractivity contribution in [3.63, 3.8) is 0 Å². The van der Waals surface area contributed by atoms with E-state index < -0.39 is 0 Å². The Hall–Kier alpha value is -0.860. The molecule has 3 nitrogen and oxygen atoms in total. The standard InChI is InChI=1S/C10H18N2O/c1-8(13)11-12-9-5-4-6-10(2,3)7-9/h4-7H2,1-3H3,(H,11,13)/b12-9+. The molecule has 1 aliphatic rings. The zero-order chi connectivity index (χ0) is 9.90. The molecule has 0 spiro atoms. The molecule has 13 heavy (non-hydrogen) atoms. The number of carbonyl (C=O) groups is 1. The Labute approximate surface area is 79.6 Å². The lowest BCUT2D eigenvalue weighted by atomic mass is 9.77. The number of hydrogen-bond acceptors (Lipinski definition) is 2. The van der Waals surface area contributed by atoms with Crippen LogP contribution in [0.25, 0.3) is 0 Å². The maximum atomic E-state index is 10.6. The van der Waals surface area contributed by atoms with E-state index in [1.54, 1.807) is 0 Å². The van der Waals surface area contributed by atoms with E-state index in [1.165, 1.54) is 19.8 Å². The second-order valence-electron chi connectivity index (χ2n) is 4.54. The van der Waals surface area contributed by atoms with Crippen molar-refractivity contribution in [1.82, 2.24) is 5.43 Å². The van der Waals surface area contributed by atoms with Crippen molar-refractivity contribution >= 4 is 11.6 Å². The molecule has 0 aromatic carbocycles. The second kappa shape index (κ2) is 3.90. The van der Waals surface area contributed by atoms with Crippen molar-refractivity contribution < 1.29 is 4.79 Å². The van der Waals surface area contributed by atoms with E-state index in [2.05, 4.69) is 24.4 Å². The molecule has 0 aromatic heterocycles. The van der Waals surface area contributed by atoms with Gasteiger partial charge in [0.1, 0.15) is 0 Å². The van der Waals surface area contributed by atoms with Gasteiger partial charge in [0.15, 0.2) is 0 Å². The van der Waals surface area contributed by atoms with Crippen molar-refractivity contribution in [2.75, 3.05) is 0 Å². The Balaban J connectivity index is 2.51. The van der Waals surface area contributed by atoms with Crippen molar-refractivity contribution in [1.29, 1.82) is 0 Å². The van der Waals surface area contributed by atoms with Crippen LogP contribution in [0.15, 0.2) is 5.10 Å². The van der Waals surface area contributed by atoms with Crippen LogP contribution in [0.4, 0.5) is 0 Å². The third-order valence-electron chi connectivity index (χ3n) is 2.37. The lowest BCUT2D eigenvalue weighted by Crippen LogP contribution is -2.25. The van der Waals surface area contributed by atoms with E-state index in [0.29, 0.717) is 5.41 Å². The molecule has 0 radical (unpaired) electrons. The molecule has 0 unspecified atom stereocenters. The number of carbonyl (C=O) groups excluding carboxylic acids is 1. The highest BCUT2D eigenvalue weighted by Crippen LogP contribution is 2.33. The van der Waals surface area contributed by atoms with Crippen LogP contribution >= 0.6 is 0 Å². The summed E-state index contributed by atoms with van der Waals surface area (Å²) in [5.41, 5.74) is 3.99. The Morgan fingerprint density at radius 1 is 1.54 bits per heavy atom. The van der Waals surface area contributed by atoms with Gasteiger partial charge < -0.3 is 0 Å². The first-order chi connectivity index (χ1) is 5.99. The minimum atomic E-state index is -0.0871. The van der Waals surface area contributed by atoms with Crippen molar-refractivity contribution in [3.8, 4) is 0 Å². The topological polar surface area (TPSA) is 41.5 Å². The quantitative estimate of drug-likeness (QED) is 0.620. The van der Waals surface area contributed by atoms with Gasteiger partial charge in [0.05, 0.1) is 0 Å². The smallest absolute Gasteiger partial charge is 0.236 e. The average Bonchev–Trinajstić information content (AvgIpc) is 1.99.